The van der Waals surface area contributed by atoms with Crippen LogP contribution in [0.3, 0.4) is 0 Å². The molecule has 2 aromatic heterocycles. The molecule has 1 atom stereocenters. The smallest absolute Gasteiger partial charge is 0.224 e. The van der Waals surface area contributed by atoms with Gasteiger partial charge in [-0.3, -0.25) is 9.48 Å². The summed E-state index contributed by atoms with van der Waals surface area (Å²) in [5.74, 6) is 1.94. The first-order chi connectivity index (χ1) is 13.7. The lowest BCUT2D eigenvalue weighted by Crippen LogP contribution is -2.49. The van der Waals surface area contributed by atoms with Gasteiger partial charge in [0.05, 0.1) is 19.3 Å². The van der Waals surface area contributed by atoms with Crippen molar-refractivity contribution in [1.82, 2.24) is 24.9 Å². The quantitative estimate of drug-likeness (QED) is 0.753. The van der Waals surface area contributed by atoms with Crippen LogP contribution in [0.2, 0.25) is 0 Å². The molecular weight excluding hydrogens is 358 g/mol. The number of rotatable bonds is 5. The van der Waals surface area contributed by atoms with Crippen LogP contribution in [0.4, 0.5) is 11.6 Å². The van der Waals surface area contributed by atoms with Crippen molar-refractivity contribution in [2.45, 2.75) is 19.4 Å². The fraction of sp³-hybridized carbons (Fsp3) is 0.579. The highest BCUT2D eigenvalue weighted by atomic mass is 16.5. The Morgan fingerprint density at radius 3 is 2.25 bits per heavy atom. The minimum absolute atomic E-state index is 0.0686. The largest absolute Gasteiger partial charge is 0.378 e. The number of amides is 1. The van der Waals surface area contributed by atoms with Gasteiger partial charge in [-0.25, -0.2) is 0 Å². The molecule has 0 saturated carbocycles. The Hall–Kier alpha value is -2.68. The molecule has 4 rings (SSSR count). The van der Waals surface area contributed by atoms with Gasteiger partial charge >= 0.3 is 0 Å². The Morgan fingerprint density at radius 1 is 1.04 bits per heavy atom. The van der Waals surface area contributed by atoms with Crippen LogP contribution in [0.1, 0.15) is 19.4 Å². The van der Waals surface area contributed by atoms with E-state index < -0.39 is 0 Å². The van der Waals surface area contributed by atoms with E-state index in [1.807, 2.05) is 40.9 Å². The molecule has 9 nitrogen and oxygen atoms in total. The van der Waals surface area contributed by atoms with E-state index in [-0.39, 0.29) is 11.9 Å². The van der Waals surface area contributed by atoms with Gasteiger partial charge in [0.25, 0.3) is 0 Å². The molecule has 2 aliphatic rings. The van der Waals surface area contributed by atoms with Gasteiger partial charge in [0, 0.05) is 58.1 Å². The molecule has 4 heterocycles. The predicted octanol–water partition coefficient (Wildman–Crippen LogP) is 0.810. The van der Waals surface area contributed by atoms with Gasteiger partial charge in [0.15, 0.2) is 11.6 Å². The summed E-state index contributed by atoms with van der Waals surface area (Å²) in [5.41, 5.74) is 0. The lowest BCUT2D eigenvalue weighted by molar-refractivity contribution is -0.132. The highest BCUT2D eigenvalue weighted by Crippen LogP contribution is 2.18. The molecule has 28 heavy (non-hydrogen) atoms. The van der Waals surface area contributed by atoms with Crippen molar-refractivity contribution in [3.63, 3.8) is 0 Å². The first-order valence-corrected chi connectivity index (χ1v) is 9.89. The maximum atomic E-state index is 12.6. The second-order valence-corrected chi connectivity index (χ2v) is 7.26. The number of carbonyl (C=O) groups is 1. The molecule has 0 bridgehead atoms. The lowest BCUT2D eigenvalue weighted by Gasteiger charge is -2.36. The second kappa shape index (κ2) is 8.55. The highest BCUT2D eigenvalue weighted by molar-refractivity contribution is 5.77. The number of hydrogen-bond acceptors (Lipinski definition) is 7. The SMILES string of the molecule is C[C@H](CC(=O)N1CCN(c2ccc(N3CCOCC3)nn2)CC1)n1cccn1. The summed E-state index contributed by atoms with van der Waals surface area (Å²) in [6.45, 7) is 8.15. The summed E-state index contributed by atoms with van der Waals surface area (Å²) in [6, 6.07) is 6.00. The Labute approximate surface area is 164 Å². The molecule has 0 aromatic carbocycles. The van der Waals surface area contributed by atoms with E-state index in [0.717, 1.165) is 51.0 Å². The minimum atomic E-state index is 0.0686. The van der Waals surface area contributed by atoms with Crippen LogP contribution in [-0.2, 0) is 9.53 Å². The number of hydrogen-bond donors (Lipinski definition) is 0. The molecule has 2 saturated heterocycles. The molecular formula is C19H27N7O2. The molecule has 0 N–H and O–H groups in total. The van der Waals surface area contributed by atoms with Gasteiger partial charge in [-0.2, -0.15) is 5.10 Å². The molecule has 9 heteroatoms. The van der Waals surface area contributed by atoms with Crippen molar-refractivity contribution >= 4 is 17.5 Å². The van der Waals surface area contributed by atoms with Crippen molar-refractivity contribution in [2.24, 2.45) is 0 Å². The summed E-state index contributed by atoms with van der Waals surface area (Å²) in [4.78, 5) is 18.9. The van der Waals surface area contributed by atoms with Crippen LogP contribution in [0, 0.1) is 0 Å². The fourth-order valence-electron chi connectivity index (χ4n) is 3.65. The minimum Gasteiger partial charge on any atom is -0.378 e. The van der Waals surface area contributed by atoms with Crippen LogP contribution < -0.4 is 9.80 Å². The first kappa shape index (κ1) is 18.7. The number of carbonyl (C=O) groups excluding carboxylic acids is 1. The maximum Gasteiger partial charge on any atom is 0.224 e. The summed E-state index contributed by atoms with van der Waals surface area (Å²) in [5, 5.41) is 13.0. The summed E-state index contributed by atoms with van der Waals surface area (Å²) in [7, 11) is 0. The van der Waals surface area contributed by atoms with Crippen LogP contribution in [0.5, 0.6) is 0 Å². The Kier molecular flexibility index (Phi) is 5.70. The maximum absolute atomic E-state index is 12.6. The zero-order valence-corrected chi connectivity index (χ0v) is 16.3. The van der Waals surface area contributed by atoms with Crippen molar-refractivity contribution < 1.29 is 9.53 Å². The van der Waals surface area contributed by atoms with E-state index in [9.17, 15) is 4.79 Å². The molecule has 0 aliphatic carbocycles. The zero-order valence-electron chi connectivity index (χ0n) is 16.3. The van der Waals surface area contributed by atoms with Crippen LogP contribution >= 0.6 is 0 Å². The number of morpholine rings is 1. The number of nitrogens with zero attached hydrogens (tertiary/aromatic N) is 7. The predicted molar refractivity (Wildman–Crippen MR) is 105 cm³/mol. The van der Waals surface area contributed by atoms with Gasteiger partial charge in [-0.15, -0.1) is 10.2 Å². The zero-order chi connectivity index (χ0) is 19.3. The fourth-order valence-corrected chi connectivity index (χ4v) is 3.65. The van der Waals surface area contributed by atoms with Gasteiger partial charge in [-0.1, -0.05) is 0 Å². The van der Waals surface area contributed by atoms with E-state index >= 15 is 0 Å². The van der Waals surface area contributed by atoms with E-state index in [1.165, 1.54) is 0 Å². The molecule has 2 fully saturated rings. The average Bonchev–Trinajstić information content (AvgIpc) is 3.30. The molecule has 0 spiro atoms. The van der Waals surface area contributed by atoms with Gasteiger partial charge in [-0.05, 0) is 25.1 Å². The third-order valence-corrected chi connectivity index (χ3v) is 5.37. The van der Waals surface area contributed by atoms with Crippen molar-refractivity contribution in [1.29, 1.82) is 0 Å². The van der Waals surface area contributed by atoms with Crippen LogP contribution in [0.15, 0.2) is 30.6 Å². The van der Waals surface area contributed by atoms with Crippen LogP contribution in [0.25, 0.3) is 0 Å². The standard InChI is InChI=1S/C19H27N7O2/c1-16(26-6-2-5-20-26)15-19(27)25-9-7-23(8-10-25)17-3-4-18(22-21-17)24-11-13-28-14-12-24/h2-6,16H,7-15H2,1H3/t16-/m1/s1. The van der Waals surface area contributed by atoms with Crippen molar-refractivity contribution in [2.75, 3.05) is 62.3 Å². The normalized spacial score (nSPS) is 19.0. The van der Waals surface area contributed by atoms with E-state index in [4.69, 9.17) is 4.74 Å². The molecule has 2 aliphatic heterocycles. The topological polar surface area (TPSA) is 79.6 Å². The third kappa shape index (κ3) is 4.24. The monoisotopic (exact) mass is 385 g/mol. The Balaban J connectivity index is 1.28. The molecule has 150 valence electrons. The van der Waals surface area contributed by atoms with E-state index in [2.05, 4.69) is 25.1 Å². The molecule has 0 unspecified atom stereocenters. The van der Waals surface area contributed by atoms with Gasteiger partial charge in [0.2, 0.25) is 5.91 Å². The van der Waals surface area contributed by atoms with Gasteiger partial charge < -0.3 is 19.4 Å². The van der Waals surface area contributed by atoms with E-state index in [1.54, 1.807) is 6.20 Å². The van der Waals surface area contributed by atoms with Crippen LogP contribution in [-0.4, -0.2) is 83.3 Å². The highest BCUT2D eigenvalue weighted by Gasteiger charge is 2.24. The number of piperazine rings is 1. The lowest BCUT2D eigenvalue weighted by atomic mass is 10.2. The summed E-state index contributed by atoms with van der Waals surface area (Å²) >= 11 is 0. The second-order valence-electron chi connectivity index (χ2n) is 7.26. The number of ether oxygens (including phenoxy) is 1. The third-order valence-electron chi connectivity index (χ3n) is 5.37. The number of anilines is 2. The Morgan fingerprint density at radius 2 is 1.68 bits per heavy atom. The average molecular weight is 385 g/mol. The van der Waals surface area contributed by atoms with Crippen molar-refractivity contribution in [3.8, 4) is 0 Å². The molecule has 0 radical (unpaired) electrons. The van der Waals surface area contributed by atoms with Gasteiger partial charge in [0.1, 0.15) is 0 Å². The Bertz CT molecular complexity index is 751. The molecule has 2 aromatic rings. The first-order valence-electron chi connectivity index (χ1n) is 9.89. The molecule has 1 amide bonds. The number of aromatic nitrogens is 4. The van der Waals surface area contributed by atoms with E-state index in [0.29, 0.717) is 19.5 Å². The summed E-state index contributed by atoms with van der Waals surface area (Å²) < 4.78 is 7.21. The van der Waals surface area contributed by atoms with Crippen molar-refractivity contribution in [3.05, 3.63) is 30.6 Å². The summed E-state index contributed by atoms with van der Waals surface area (Å²) in [6.07, 6.45) is 4.11.